The first kappa shape index (κ1) is 24.0. The molecule has 0 radical (unpaired) electrons. The Morgan fingerprint density at radius 3 is 2.49 bits per heavy atom. The molecule has 1 aromatic heterocycles. The van der Waals surface area contributed by atoms with Gasteiger partial charge >= 0.3 is 0 Å². The van der Waals surface area contributed by atoms with Crippen molar-refractivity contribution in [3.05, 3.63) is 102 Å². The van der Waals surface area contributed by atoms with Gasteiger partial charge in [0.15, 0.2) is 11.5 Å². The van der Waals surface area contributed by atoms with Gasteiger partial charge in [0, 0.05) is 16.9 Å². The fourth-order valence-corrected chi connectivity index (χ4v) is 4.41. The van der Waals surface area contributed by atoms with Crippen LogP contribution in [0.2, 0.25) is 0 Å². The van der Waals surface area contributed by atoms with E-state index in [1.165, 1.54) is 0 Å². The molecule has 0 bridgehead atoms. The van der Waals surface area contributed by atoms with Gasteiger partial charge in [-0.15, -0.1) is 0 Å². The van der Waals surface area contributed by atoms with Gasteiger partial charge in [-0.05, 0) is 48.9 Å². The van der Waals surface area contributed by atoms with Crippen LogP contribution in [0.4, 0.5) is 11.5 Å². The van der Waals surface area contributed by atoms with Gasteiger partial charge in [0.1, 0.15) is 23.2 Å². The van der Waals surface area contributed by atoms with Crippen LogP contribution in [-0.4, -0.2) is 36.5 Å². The van der Waals surface area contributed by atoms with E-state index >= 15 is 0 Å². The Hall–Kier alpha value is -4.72. The van der Waals surface area contributed by atoms with Crippen molar-refractivity contribution in [2.24, 2.45) is 0 Å². The number of para-hydroxylation sites is 1. The Morgan fingerprint density at radius 1 is 1.00 bits per heavy atom. The summed E-state index contributed by atoms with van der Waals surface area (Å²) in [7, 11) is 3.22. The third kappa shape index (κ3) is 4.73. The number of hydrogen-bond donors (Lipinski definition) is 2. The van der Waals surface area contributed by atoms with E-state index < -0.39 is 0 Å². The van der Waals surface area contributed by atoms with E-state index in [4.69, 9.17) is 14.2 Å². The van der Waals surface area contributed by atoms with E-state index in [0.29, 0.717) is 35.2 Å². The van der Waals surface area contributed by atoms with E-state index in [1.54, 1.807) is 25.1 Å². The summed E-state index contributed by atoms with van der Waals surface area (Å²) < 4.78 is 18.6. The molecule has 3 aromatic carbocycles. The Morgan fingerprint density at radius 2 is 1.78 bits per heavy atom. The van der Waals surface area contributed by atoms with Crippen LogP contribution in [0.3, 0.4) is 0 Å². The largest absolute Gasteiger partial charge is 0.494 e. The van der Waals surface area contributed by atoms with Gasteiger partial charge in [-0.25, -0.2) is 4.68 Å². The number of rotatable bonds is 8. The molecule has 4 aromatic rings. The maximum absolute atomic E-state index is 13.4. The molecule has 1 aliphatic rings. The van der Waals surface area contributed by atoms with Gasteiger partial charge in [0.2, 0.25) is 0 Å². The van der Waals surface area contributed by atoms with Crippen molar-refractivity contribution in [3.63, 3.8) is 0 Å². The SMILES string of the molecule is CCOc1ccc(NC(=O)c2cnn3c2NC(c2ccccc2)=C[C@@H]3c2cccc(OC)c2OC)cc1. The first-order valence-electron chi connectivity index (χ1n) is 12.0. The summed E-state index contributed by atoms with van der Waals surface area (Å²) in [6, 6.07) is 22.6. The smallest absolute Gasteiger partial charge is 0.261 e. The standard InChI is InChI=1S/C29H28N4O4/c1-4-37-21-15-13-20(14-16-21)31-29(34)23-18-30-33-25(22-11-8-12-26(35-2)27(22)36-3)17-24(32-28(23)33)19-9-6-5-7-10-19/h5-18,25,32H,4H2,1-3H3,(H,31,34)/t25-/m1/s1. The quantitative estimate of drug-likeness (QED) is 0.330. The second-order valence-electron chi connectivity index (χ2n) is 8.36. The Balaban J connectivity index is 1.55. The van der Waals surface area contributed by atoms with Gasteiger partial charge in [-0.3, -0.25) is 4.79 Å². The van der Waals surface area contributed by atoms with Crippen molar-refractivity contribution in [1.82, 2.24) is 9.78 Å². The number of methoxy groups -OCH3 is 2. The number of ether oxygens (including phenoxy) is 3. The van der Waals surface area contributed by atoms with E-state index in [0.717, 1.165) is 22.6 Å². The molecule has 2 heterocycles. The fourth-order valence-electron chi connectivity index (χ4n) is 4.41. The van der Waals surface area contributed by atoms with Crippen molar-refractivity contribution in [3.8, 4) is 17.2 Å². The average Bonchev–Trinajstić information content (AvgIpc) is 3.38. The molecule has 1 amide bonds. The van der Waals surface area contributed by atoms with Gasteiger partial charge < -0.3 is 24.8 Å². The summed E-state index contributed by atoms with van der Waals surface area (Å²) in [6.45, 7) is 2.51. The Kier molecular flexibility index (Phi) is 6.81. The van der Waals surface area contributed by atoms with Gasteiger partial charge in [-0.2, -0.15) is 5.10 Å². The van der Waals surface area contributed by atoms with E-state index in [1.807, 2.05) is 79.7 Å². The summed E-state index contributed by atoms with van der Waals surface area (Å²) in [5.74, 6) is 2.29. The molecule has 188 valence electrons. The molecule has 0 saturated heterocycles. The lowest BCUT2D eigenvalue weighted by molar-refractivity contribution is 0.102. The first-order chi connectivity index (χ1) is 18.1. The lowest BCUT2D eigenvalue weighted by atomic mass is 9.99. The van der Waals surface area contributed by atoms with E-state index in [-0.39, 0.29) is 11.9 Å². The monoisotopic (exact) mass is 496 g/mol. The van der Waals surface area contributed by atoms with Crippen LogP contribution in [0.1, 0.15) is 34.5 Å². The highest BCUT2D eigenvalue weighted by Crippen LogP contribution is 2.41. The molecule has 1 aliphatic heterocycles. The molecular formula is C29H28N4O4. The van der Waals surface area contributed by atoms with Crippen molar-refractivity contribution < 1.29 is 19.0 Å². The number of amides is 1. The van der Waals surface area contributed by atoms with Crippen molar-refractivity contribution in [2.45, 2.75) is 13.0 Å². The molecule has 2 N–H and O–H groups in total. The zero-order chi connectivity index (χ0) is 25.8. The van der Waals surface area contributed by atoms with Gasteiger partial charge in [-0.1, -0.05) is 42.5 Å². The topological polar surface area (TPSA) is 86.6 Å². The van der Waals surface area contributed by atoms with Crippen LogP contribution in [0.25, 0.3) is 5.70 Å². The number of allylic oxidation sites excluding steroid dienone is 1. The Labute approximate surface area is 215 Å². The number of aromatic nitrogens is 2. The van der Waals surface area contributed by atoms with Crippen LogP contribution >= 0.6 is 0 Å². The normalized spacial score (nSPS) is 14.1. The molecular weight excluding hydrogens is 468 g/mol. The number of hydrogen-bond acceptors (Lipinski definition) is 6. The molecule has 0 unspecified atom stereocenters. The van der Waals surface area contributed by atoms with E-state index in [2.05, 4.69) is 21.8 Å². The maximum atomic E-state index is 13.4. The number of fused-ring (bicyclic) bond motifs is 1. The van der Waals surface area contributed by atoms with Gasteiger partial charge in [0.05, 0.1) is 27.0 Å². The number of benzene rings is 3. The highest BCUT2D eigenvalue weighted by molar-refractivity contribution is 6.08. The highest BCUT2D eigenvalue weighted by atomic mass is 16.5. The number of nitrogens with zero attached hydrogens (tertiary/aromatic N) is 2. The number of carbonyl (C=O) groups excluding carboxylic acids is 1. The number of carbonyl (C=O) groups is 1. The third-order valence-corrected chi connectivity index (χ3v) is 6.14. The number of nitrogens with one attached hydrogen (secondary N) is 2. The summed E-state index contributed by atoms with van der Waals surface area (Å²) in [6.07, 6.45) is 3.65. The summed E-state index contributed by atoms with van der Waals surface area (Å²) >= 11 is 0. The molecule has 0 saturated carbocycles. The zero-order valence-corrected chi connectivity index (χ0v) is 20.9. The molecule has 0 aliphatic carbocycles. The second kappa shape index (κ2) is 10.5. The van der Waals surface area contributed by atoms with Crippen LogP contribution in [0.5, 0.6) is 17.2 Å². The highest BCUT2D eigenvalue weighted by Gasteiger charge is 2.30. The van der Waals surface area contributed by atoms with Crippen LogP contribution < -0.4 is 24.8 Å². The maximum Gasteiger partial charge on any atom is 0.261 e. The lowest BCUT2D eigenvalue weighted by Gasteiger charge is -2.27. The molecule has 8 nitrogen and oxygen atoms in total. The Bertz CT molecular complexity index is 1430. The predicted octanol–water partition coefficient (Wildman–Crippen LogP) is 5.61. The number of anilines is 2. The first-order valence-corrected chi connectivity index (χ1v) is 12.0. The fraction of sp³-hybridized carbons (Fsp3) is 0.172. The average molecular weight is 497 g/mol. The molecule has 37 heavy (non-hydrogen) atoms. The predicted molar refractivity (Wildman–Crippen MR) is 144 cm³/mol. The molecule has 0 spiro atoms. The van der Waals surface area contributed by atoms with Crippen LogP contribution in [0.15, 0.2) is 85.1 Å². The van der Waals surface area contributed by atoms with Crippen molar-refractivity contribution >= 4 is 23.1 Å². The summed E-state index contributed by atoms with van der Waals surface area (Å²) in [4.78, 5) is 13.4. The summed E-state index contributed by atoms with van der Waals surface area (Å²) in [5, 5.41) is 11.0. The molecule has 1 atom stereocenters. The lowest BCUT2D eigenvalue weighted by Crippen LogP contribution is -2.22. The minimum Gasteiger partial charge on any atom is -0.494 e. The molecule has 5 rings (SSSR count). The zero-order valence-electron chi connectivity index (χ0n) is 20.9. The molecule has 8 heteroatoms. The second-order valence-corrected chi connectivity index (χ2v) is 8.36. The van der Waals surface area contributed by atoms with Crippen LogP contribution in [-0.2, 0) is 0 Å². The van der Waals surface area contributed by atoms with Crippen LogP contribution in [0, 0.1) is 0 Å². The summed E-state index contributed by atoms with van der Waals surface area (Å²) in [5.41, 5.74) is 3.79. The van der Waals surface area contributed by atoms with Gasteiger partial charge in [0.25, 0.3) is 5.91 Å². The van der Waals surface area contributed by atoms with E-state index in [9.17, 15) is 4.79 Å². The molecule has 0 fully saturated rings. The third-order valence-electron chi connectivity index (χ3n) is 6.14. The minimum atomic E-state index is -0.344. The minimum absolute atomic E-state index is 0.274. The van der Waals surface area contributed by atoms with Crippen molar-refractivity contribution in [1.29, 1.82) is 0 Å². The van der Waals surface area contributed by atoms with Crippen molar-refractivity contribution in [2.75, 3.05) is 31.5 Å².